The molecule has 14 heavy (non-hydrogen) atoms. The Kier molecular flexibility index (Phi) is 8.27. The van der Waals surface area contributed by atoms with E-state index in [1.165, 1.54) is 0 Å². The van der Waals surface area contributed by atoms with Crippen LogP contribution in [0.1, 0.15) is 53.9 Å². The minimum absolute atomic E-state index is 0.344. The highest BCUT2D eigenvalue weighted by Gasteiger charge is 2.37. The molecule has 0 spiro atoms. The Bertz CT molecular complexity index is 128. The van der Waals surface area contributed by atoms with Gasteiger partial charge in [0.25, 0.3) is 5.92 Å². The van der Waals surface area contributed by atoms with Gasteiger partial charge in [0, 0.05) is 6.42 Å². The van der Waals surface area contributed by atoms with Gasteiger partial charge in [0.1, 0.15) is 0 Å². The first-order chi connectivity index (χ1) is 6.39. The molecular formula is C11H23F3. The van der Waals surface area contributed by atoms with Gasteiger partial charge in [-0.15, -0.1) is 0 Å². The van der Waals surface area contributed by atoms with Gasteiger partial charge in [-0.05, 0) is 5.41 Å². The van der Waals surface area contributed by atoms with Crippen molar-refractivity contribution in [2.75, 3.05) is 6.67 Å². The van der Waals surface area contributed by atoms with E-state index in [2.05, 4.69) is 0 Å². The van der Waals surface area contributed by atoms with Crippen molar-refractivity contribution in [2.45, 2.75) is 59.8 Å². The molecule has 0 rings (SSSR count). The van der Waals surface area contributed by atoms with Crippen LogP contribution in [-0.4, -0.2) is 12.6 Å². The molecule has 0 aromatic carbocycles. The summed E-state index contributed by atoms with van der Waals surface area (Å²) in [6.07, 6.45) is 0.988. The summed E-state index contributed by atoms with van der Waals surface area (Å²) in [5.74, 6) is -3.14. The van der Waals surface area contributed by atoms with Crippen LogP contribution in [0.3, 0.4) is 0 Å². The van der Waals surface area contributed by atoms with Gasteiger partial charge in [0.15, 0.2) is 6.67 Å². The fourth-order valence-corrected chi connectivity index (χ4v) is 1.17. The third-order valence-electron chi connectivity index (χ3n) is 2.59. The van der Waals surface area contributed by atoms with E-state index < -0.39 is 18.0 Å². The van der Waals surface area contributed by atoms with Crippen molar-refractivity contribution in [1.29, 1.82) is 0 Å². The first kappa shape index (κ1) is 16.2. The molecule has 0 fully saturated rings. The van der Waals surface area contributed by atoms with Crippen LogP contribution < -0.4 is 0 Å². The lowest BCUT2D eigenvalue weighted by Gasteiger charge is -2.29. The van der Waals surface area contributed by atoms with Gasteiger partial charge >= 0.3 is 0 Å². The maximum Gasteiger partial charge on any atom is 0.276 e. The molecule has 0 atom stereocenters. The predicted octanol–water partition coefficient (Wildman–Crippen LogP) is 4.83. The van der Waals surface area contributed by atoms with Crippen molar-refractivity contribution in [1.82, 2.24) is 0 Å². The smallest absolute Gasteiger partial charge is 0.244 e. The lowest BCUT2D eigenvalue weighted by Crippen LogP contribution is -2.29. The number of hydrogen-bond acceptors (Lipinski definition) is 0. The van der Waals surface area contributed by atoms with Crippen molar-refractivity contribution in [3.63, 3.8) is 0 Å². The number of alkyl halides is 3. The van der Waals surface area contributed by atoms with Crippen LogP contribution in [0.15, 0.2) is 0 Å². The topological polar surface area (TPSA) is 0 Å². The van der Waals surface area contributed by atoms with E-state index in [1.54, 1.807) is 6.92 Å². The van der Waals surface area contributed by atoms with Gasteiger partial charge in [0.05, 0.1) is 0 Å². The largest absolute Gasteiger partial charge is 0.276 e. The standard InChI is InChI=1S/C9H17F3.C2H6/c1-4-8(3,5-2)6-9(11,12)7-10;1-2/h4-7H2,1-3H3;1-2H3. The van der Waals surface area contributed by atoms with E-state index in [0.717, 1.165) is 0 Å². The van der Waals surface area contributed by atoms with Gasteiger partial charge in [-0.3, -0.25) is 0 Å². The first-order valence-corrected chi connectivity index (χ1v) is 5.33. The SMILES string of the molecule is CC.CCC(C)(CC)CC(F)(F)CF. The molecule has 0 aromatic heterocycles. The van der Waals surface area contributed by atoms with Crippen molar-refractivity contribution in [3.8, 4) is 0 Å². The molecule has 0 nitrogen and oxygen atoms in total. The molecule has 0 saturated heterocycles. The molecule has 0 saturated carbocycles. The fraction of sp³-hybridized carbons (Fsp3) is 1.00. The summed E-state index contributed by atoms with van der Waals surface area (Å²) in [5.41, 5.74) is -0.421. The summed E-state index contributed by atoms with van der Waals surface area (Å²) in [7, 11) is 0. The van der Waals surface area contributed by atoms with Crippen LogP contribution in [0.5, 0.6) is 0 Å². The van der Waals surface area contributed by atoms with Crippen LogP contribution in [0.25, 0.3) is 0 Å². The highest BCUT2D eigenvalue weighted by molar-refractivity contribution is 4.79. The van der Waals surface area contributed by atoms with Gasteiger partial charge in [-0.25, -0.2) is 13.2 Å². The zero-order chi connectivity index (χ0) is 11.8. The Hall–Kier alpha value is -0.210. The summed E-state index contributed by atoms with van der Waals surface area (Å²) in [5, 5.41) is 0. The number of hydrogen-bond donors (Lipinski definition) is 0. The molecule has 0 aliphatic heterocycles. The lowest BCUT2D eigenvalue weighted by molar-refractivity contribution is -0.0625. The van der Waals surface area contributed by atoms with Crippen molar-refractivity contribution >= 4 is 0 Å². The van der Waals surface area contributed by atoms with E-state index in [-0.39, 0.29) is 6.42 Å². The zero-order valence-electron chi connectivity index (χ0n) is 9.96. The Morgan fingerprint density at radius 2 is 1.36 bits per heavy atom. The second-order valence-electron chi connectivity index (χ2n) is 3.68. The molecular weight excluding hydrogens is 189 g/mol. The van der Waals surface area contributed by atoms with Crippen molar-refractivity contribution in [3.05, 3.63) is 0 Å². The molecule has 3 heteroatoms. The predicted molar refractivity (Wildman–Crippen MR) is 55.6 cm³/mol. The zero-order valence-corrected chi connectivity index (χ0v) is 9.96. The highest BCUT2D eigenvalue weighted by Crippen LogP contribution is 2.37. The minimum atomic E-state index is -3.14. The average Bonchev–Trinajstić information content (AvgIpc) is 2.20. The molecule has 0 radical (unpaired) electrons. The van der Waals surface area contributed by atoms with Gasteiger partial charge in [-0.2, -0.15) is 0 Å². The molecule has 0 unspecified atom stereocenters. The van der Waals surface area contributed by atoms with E-state index >= 15 is 0 Å². The maximum atomic E-state index is 12.6. The minimum Gasteiger partial charge on any atom is -0.244 e. The summed E-state index contributed by atoms with van der Waals surface area (Å²) < 4.78 is 37.1. The number of halogens is 3. The van der Waals surface area contributed by atoms with Crippen molar-refractivity contribution < 1.29 is 13.2 Å². The van der Waals surface area contributed by atoms with E-state index in [1.807, 2.05) is 27.7 Å². The summed E-state index contributed by atoms with van der Waals surface area (Å²) in [6, 6.07) is 0. The third-order valence-corrected chi connectivity index (χ3v) is 2.59. The average molecular weight is 212 g/mol. The molecule has 0 aliphatic carbocycles. The van der Waals surface area contributed by atoms with Crippen LogP contribution >= 0.6 is 0 Å². The van der Waals surface area contributed by atoms with Gasteiger partial charge in [-0.1, -0.05) is 47.5 Å². The van der Waals surface area contributed by atoms with Gasteiger partial charge in [0.2, 0.25) is 0 Å². The van der Waals surface area contributed by atoms with Crippen molar-refractivity contribution in [2.24, 2.45) is 5.41 Å². The van der Waals surface area contributed by atoms with Crippen LogP contribution in [0, 0.1) is 5.41 Å². The summed E-state index contributed by atoms with van der Waals surface area (Å²) in [6.45, 7) is 7.95. The van der Waals surface area contributed by atoms with Crippen LogP contribution in [-0.2, 0) is 0 Å². The monoisotopic (exact) mass is 212 g/mol. The molecule has 0 aliphatic rings. The number of rotatable bonds is 5. The van der Waals surface area contributed by atoms with E-state index in [4.69, 9.17) is 0 Å². The Morgan fingerprint density at radius 1 is 1.00 bits per heavy atom. The fourth-order valence-electron chi connectivity index (χ4n) is 1.17. The van der Waals surface area contributed by atoms with Crippen LogP contribution in [0.4, 0.5) is 13.2 Å². The highest BCUT2D eigenvalue weighted by atomic mass is 19.3. The van der Waals surface area contributed by atoms with Gasteiger partial charge < -0.3 is 0 Å². The quantitative estimate of drug-likeness (QED) is 0.612. The summed E-state index contributed by atoms with van der Waals surface area (Å²) in [4.78, 5) is 0. The van der Waals surface area contributed by atoms with E-state index in [0.29, 0.717) is 12.8 Å². The molecule has 88 valence electrons. The van der Waals surface area contributed by atoms with E-state index in [9.17, 15) is 13.2 Å². The molecule has 0 aromatic rings. The normalized spacial score (nSPS) is 12.0. The molecule has 0 bridgehead atoms. The second-order valence-corrected chi connectivity index (χ2v) is 3.68. The Morgan fingerprint density at radius 3 is 1.57 bits per heavy atom. The molecule has 0 heterocycles. The second kappa shape index (κ2) is 7.13. The maximum absolute atomic E-state index is 12.6. The Labute approximate surface area is 85.9 Å². The Balaban J connectivity index is 0. The summed E-state index contributed by atoms with van der Waals surface area (Å²) >= 11 is 0. The molecule has 0 N–H and O–H groups in total. The first-order valence-electron chi connectivity index (χ1n) is 5.33. The third kappa shape index (κ3) is 6.28. The lowest BCUT2D eigenvalue weighted by atomic mass is 9.79. The van der Waals surface area contributed by atoms with Crippen LogP contribution in [0.2, 0.25) is 0 Å². The molecule has 0 amide bonds.